The van der Waals surface area contributed by atoms with E-state index in [4.69, 9.17) is 0 Å². The summed E-state index contributed by atoms with van der Waals surface area (Å²) < 4.78 is 4.64. The molecule has 74 valence electrons. The van der Waals surface area contributed by atoms with Gasteiger partial charge in [-0.25, -0.2) is 4.79 Å². The maximum Gasteiger partial charge on any atom is 0.330 e. The highest BCUT2D eigenvalue weighted by Gasteiger charge is 2.06. The van der Waals surface area contributed by atoms with Crippen molar-refractivity contribution < 1.29 is 14.6 Å². The standard InChI is InChI=1S/C10H16O3/c1-4-8(3)9(11)6-7-10(12)13-5-2/h4,6-9,11H,1,5H2,2-3H3/b7-6+/t8-,9+/m0/s1. The molecule has 0 rings (SSSR count). The number of carbonyl (C=O) groups is 1. The molecule has 0 aliphatic heterocycles. The van der Waals surface area contributed by atoms with E-state index in [9.17, 15) is 9.90 Å². The molecule has 0 unspecified atom stereocenters. The Kier molecular flexibility index (Phi) is 5.89. The molecule has 0 aliphatic rings. The van der Waals surface area contributed by atoms with E-state index < -0.39 is 12.1 Å². The summed E-state index contributed by atoms with van der Waals surface area (Å²) in [5.41, 5.74) is 0. The molecular weight excluding hydrogens is 168 g/mol. The maximum absolute atomic E-state index is 10.8. The Morgan fingerprint density at radius 1 is 1.69 bits per heavy atom. The topological polar surface area (TPSA) is 46.5 Å². The van der Waals surface area contributed by atoms with Crippen molar-refractivity contribution in [3.63, 3.8) is 0 Å². The van der Waals surface area contributed by atoms with Crippen LogP contribution in [0.1, 0.15) is 13.8 Å². The third-order valence-corrected chi connectivity index (χ3v) is 1.63. The largest absolute Gasteiger partial charge is 0.463 e. The number of aliphatic hydroxyl groups is 1. The first-order valence-electron chi connectivity index (χ1n) is 4.27. The second kappa shape index (κ2) is 6.43. The molecule has 0 aliphatic carbocycles. The molecular formula is C10H16O3. The summed E-state index contributed by atoms with van der Waals surface area (Å²) in [5, 5.41) is 9.37. The summed E-state index contributed by atoms with van der Waals surface area (Å²) in [6.45, 7) is 7.42. The minimum absolute atomic E-state index is 0.0642. The van der Waals surface area contributed by atoms with Gasteiger partial charge < -0.3 is 9.84 Å². The van der Waals surface area contributed by atoms with Gasteiger partial charge in [0, 0.05) is 12.0 Å². The number of carbonyl (C=O) groups excluding carboxylic acids is 1. The minimum Gasteiger partial charge on any atom is -0.463 e. The van der Waals surface area contributed by atoms with Gasteiger partial charge in [0.1, 0.15) is 0 Å². The van der Waals surface area contributed by atoms with Gasteiger partial charge in [0.15, 0.2) is 0 Å². The van der Waals surface area contributed by atoms with Gasteiger partial charge in [-0.15, -0.1) is 6.58 Å². The van der Waals surface area contributed by atoms with E-state index in [0.717, 1.165) is 0 Å². The van der Waals surface area contributed by atoms with E-state index in [1.807, 2.05) is 6.92 Å². The lowest BCUT2D eigenvalue weighted by Crippen LogP contribution is -2.12. The van der Waals surface area contributed by atoms with E-state index in [1.165, 1.54) is 12.2 Å². The fourth-order valence-corrected chi connectivity index (χ4v) is 0.682. The third-order valence-electron chi connectivity index (χ3n) is 1.63. The molecule has 0 aromatic carbocycles. The third kappa shape index (κ3) is 5.20. The second-order valence-electron chi connectivity index (χ2n) is 2.70. The number of hydrogen-bond acceptors (Lipinski definition) is 3. The number of rotatable bonds is 5. The van der Waals surface area contributed by atoms with Crippen LogP contribution in [0.5, 0.6) is 0 Å². The van der Waals surface area contributed by atoms with Crippen molar-refractivity contribution in [1.29, 1.82) is 0 Å². The van der Waals surface area contributed by atoms with Crippen molar-refractivity contribution in [2.24, 2.45) is 5.92 Å². The van der Waals surface area contributed by atoms with E-state index in [-0.39, 0.29) is 5.92 Å². The lowest BCUT2D eigenvalue weighted by atomic mass is 10.1. The fourth-order valence-electron chi connectivity index (χ4n) is 0.682. The first-order chi connectivity index (χ1) is 6.11. The molecule has 0 radical (unpaired) electrons. The molecule has 0 aromatic heterocycles. The summed E-state index contributed by atoms with van der Waals surface area (Å²) in [6, 6.07) is 0. The molecule has 0 amide bonds. The van der Waals surface area contributed by atoms with Crippen molar-refractivity contribution in [3.05, 3.63) is 24.8 Å². The van der Waals surface area contributed by atoms with Crippen LogP contribution in [0.15, 0.2) is 24.8 Å². The van der Waals surface area contributed by atoms with Gasteiger partial charge in [0.05, 0.1) is 12.7 Å². The highest BCUT2D eigenvalue weighted by molar-refractivity contribution is 5.81. The summed E-state index contributed by atoms with van der Waals surface area (Å²) in [5.74, 6) is -0.497. The zero-order valence-electron chi connectivity index (χ0n) is 8.06. The summed E-state index contributed by atoms with van der Waals surface area (Å²) in [6.07, 6.45) is 3.58. The number of aliphatic hydroxyl groups excluding tert-OH is 1. The lowest BCUT2D eigenvalue weighted by molar-refractivity contribution is -0.137. The first-order valence-corrected chi connectivity index (χ1v) is 4.27. The summed E-state index contributed by atoms with van der Waals surface area (Å²) in [4.78, 5) is 10.8. The molecule has 0 saturated carbocycles. The van der Waals surface area contributed by atoms with Crippen LogP contribution in [-0.4, -0.2) is 23.8 Å². The Morgan fingerprint density at radius 2 is 2.31 bits per heavy atom. The van der Waals surface area contributed by atoms with Crippen molar-refractivity contribution in [3.8, 4) is 0 Å². The second-order valence-corrected chi connectivity index (χ2v) is 2.70. The quantitative estimate of drug-likeness (QED) is 0.398. The number of hydrogen-bond donors (Lipinski definition) is 1. The van der Waals surface area contributed by atoms with Gasteiger partial charge in [0.2, 0.25) is 0 Å². The summed E-state index contributed by atoms with van der Waals surface area (Å²) in [7, 11) is 0. The SMILES string of the molecule is C=C[C@H](C)[C@H](O)/C=C/C(=O)OCC. The van der Waals surface area contributed by atoms with Crippen LogP contribution in [0.2, 0.25) is 0 Å². The monoisotopic (exact) mass is 184 g/mol. The van der Waals surface area contributed by atoms with Crippen LogP contribution in [0.3, 0.4) is 0 Å². The first kappa shape index (κ1) is 11.9. The molecule has 3 heteroatoms. The molecule has 3 nitrogen and oxygen atoms in total. The van der Waals surface area contributed by atoms with Gasteiger partial charge in [-0.2, -0.15) is 0 Å². The molecule has 0 heterocycles. The Hall–Kier alpha value is -1.09. The zero-order chi connectivity index (χ0) is 10.3. The smallest absolute Gasteiger partial charge is 0.330 e. The van der Waals surface area contributed by atoms with Crippen LogP contribution < -0.4 is 0 Å². The Labute approximate surface area is 78.7 Å². The fraction of sp³-hybridized carbons (Fsp3) is 0.500. The zero-order valence-corrected chi connectivity index (χ0v) is 8.06. The van der Waals surface area contributed by atoms with Crippen LogP contribution >= 0.6 is 0 Å². The predicted molar refractivity (Wildman–Crippen MR) is 51.1 cm³/mol. The predicted octanol–water partition coefficient (Wildman–Crippen LogP) is 1.29. The van der Waals surface area contributed by atoms with Crippen LogP contribution in [0, 0.1) is 5.92 Å². The highest BCUT2D eigenvalue weighted by atomic mass is 16.5. The maximum atomic E-state index is 10.8. The van der Waals surface area contributed by atoms with E-state index in [2.05, 4.69) is 11.3 Å². The normalized spacial score (nSPS) is 15.3. The highest BCUT2D eigenvalue weighted by Crippen LogP contribution is 2.04. The Bertz CT molecular complexity index is 196. The number of esters is 1. The molecule has 0 bridgehead atoms. The van der Waals surface area contributed by atoms with Crippen LogP contribution in [0.25, 0.3) is 0 Å². The molecule has 0 fully saturated rings. The van der Waals surface area contributed by atoms with Gasteiger partial charge >= 0.3 is 5.97 Å². The Balaban J connectivity index is 3.95. The van der Waals surface area contributed by atoms with Gasteiger partial charge in [-0.1, -0.05) is 13.0 Å². The van der Waals surface area contributed by atoms with Gasteiger partial charge in [-0.3, -0.25) is 0 Å². The van der Waals surface area contributed by atoms with Crippen LogP contribution in [-0.2, 0) is 9.53 Å². The average Bonchev–Trinajstić information content (AvgIpc) is 2.13. The summed E-state index contributed by atoms with van der Waals surface area (Å²) >= 11 is 0. The van der Waals surface area contributed by atoms with Gasteiger partial charge in [0.25, 0.3) is 0 Å². The van der Waals surface area contributed by atoms with Crippen LogP contribution in [0.4, 0.5) is 0 Å². The molecule has 13 heavy (non-hydrogen) atoms. The molecule has 0 spiro atoms. The Morgan fingerprint density at radius 3 is 2.77 bits per heavy atom. The molecule has 2 atom stereocenters. The van der Waals surface area contributed by atoms with E-state index >= 15 is 0 Å². The molecule has 0 aromatic rings. The molecule has 0 saturated heterocycles. The van der Waals surface area contributed by atoms with E-state index in [1.54, 1.807) is 13.0 Å². The van der Waals surface area contributed by atoms with Crippen molar-refractivity contribution >= 4 is 5.97 Å². The minimum atomic E-state index is -0.679. The van der Waals surface area contributed by atoms with Crippen molar-refractivity contribution in [1.82, 2.24) is 0 Å². The van der Waals surface area contributed by atoms with Crippen molar-refractivity contribution in [2.45, 2.75) is 20.0 Å². The van der Waals surface area contributed by atoms with Gasteiger partial charge in [-0.05, 0) is 13.0 Å². The molecule has 1 N–H and O–H groups in total. The van der Waals surface area contributed by atoms with E-state index in [0.29, 0.717) is 6.61 Å². The number of ether oxygens (including phenoxy) is 1. The lowest BCUT2D eigenvalue weighted by Gasteiger charge is -2.09. The van der Waals surface area contributed by atoms with Crippen molar-refractivity contribution in [2.75, 3.05) is 6.61 Å². The average molecular weight is 184 g/mol.